The standard InChI is InChI=1S/C16H13NO2S2/c1-2-10-3-5-11(6-4-10)15-17-13(9-21-15)14-7-12(8-20-14)16(18)19/h3-9H,2H2,1H3,(H,18,19). The number of aromatic carboxylic acids is 1. The number of benzene rings is 1. The van der Waals surface area contributed by atoms with Gasteiger partial charge in [0, 0.05) is 16.3 Å². The van der Waals surface area contributed by atoms with E-state index in [4.69, 9.17) is 5.11 Å². The van der Waals surface area contributed by atoms with Gasteiger partial charge in [0.25, 0.3) is 0 Å². The summed E-state index contributed by atoms with van der Waals surface area (Å²) in [5.74, 6) is -0.900. The molecule has 21 heavy (non-hydrogen) atoms. The first kappa shape index (κ1) is 14.0. The molecule has 0 unspecified atom stereocenters. The maximum atomic E-state index is 10.9. The number of thiophene rings is 1. The van der Waals surface area contributed by atoms with Crippen molar-refractivity contribution in [2.24, 2.45) is 0 Å². The number of nitrogens with zero attached hydrogens (tertiary/aromatic N) is 1. The second kappa shape index (κ2) is 5.79. The number of carboxylic acid groups (broad SMARTS) is 1. The van der Waals surface area contributed by atoms with Crippen molar-refractivity contribution in [2.75, 3.05) is 0 Å². The number of carbonyl (C=O) groups is 1. The summed E-state index contributed by atoms with van der Waals surface area (Å²) in [6, 6.07) is 10.1. The molecule has 0 atom stereocenters. The van der Waals surface area contributed by atoms with Gasteiger partial charge >= 0.3 is 5.97 Å². The second-order valence-electron chi connectivity index (χ2n) is 4.59. The molecule has 0 saturated carbocycles. The molecule has 0 saturated heterocycles. The van der Waals surface area contributed by atoms with Crippen molar-refractivity contribution < 1.29 is 9.90 Å². The third-order valence-corrected chi connectivity index (χ3v) is 5.06. The summed E-state index contributed by atoms with van der Waals surface area (Å²) >= 11 is 2.99. The number of hydrogen-bond acceptors (Lipinski definition) is 4. The molecule has 2 heterocycles. The van der Waals surface area contributed by atoms with Crippen molar-refractivity contribution in [2.45, 2.75) is 13.3 Å². The predicted molar refractivity (Wildman–Crippen MR) is 87.2 cm³/mol. The Morgan fingerprint density at radius 3 is 2.57 bits per heavy atom. The van der Waals surface area contributed by atoms with E-state index >= 15 is 0 Å². The van der Waals surface area contributed by atoms with Crippen molar-refractivity contribution in [1.82, 2.24) is 4.98 Å². The van der Waals surface area contributed by atoms with E-state index in [1.54, 1.807) is 22.8 Å². The highest BCUT2D eigenvalue weighted by molar-refractivity contribution is 7.15. The average Bonchev–Trinajstić information content (AvgIpc) is 3.16. The number of aryl methyl sites for hydroxylation is 1. The molecule has 0 aliphatic rings. The van der Waals surface area contributed by atoms with Crippen LogP contribution in [0.25, 0.3) is 21.1 Å². The minimum atomic E-state index is -0.900. The predicted octanol–water partition coefficient (Wildman–Crippen LogP) is 4.80. The highest BCUT2D eigenvalue weighted by Crippen LogP contribution is 2.32. The molecule has 1 N–H and O–H groups in total. The second-order valence-corrected chi connectivity index (χ2v) is 6.36. The van der Waals surface area contributed by atoms with Gasteiger partial charge in [0.05, 0.1) is 16.1 Å². The van der Waals surface area contributed by atoms with E-state index < -0.39 is 5.97 Å². The Kier molecular flexibility index (Phi) is 3.86. The normalized spacial score (nSPS) is 10.7. The zero-order valence-corrected chi connectivity index (χ0v) is 13.0. The van der Waals surface area contributed by atoms with Crippen LogP contribution >= 0.6 is 22.7 Å². The SMILES string of the molecule is CCc1ccc(-c2nc(-c3cc(C(=O)O)cs3)cs2)cc1. The lowest BCUT2D eigenvalue weighted by molar-refractivity contribution is 0.0697. The minimum Gasteiger partial charge on any atom is -0.478 e. The molecule has 0 bridgehead atoms. The first-order chi connectivity index (χ1) is 10.2. The van der Waals surface area contributed by atoms with Gasteiger partial charge < -0.3 is 5.11 Å². The van der Waals surface area contributed by atoms with Gasteiger partial charge in [-0.15, -0.1) is 22.7 Å². The Balaban J connectivity index is 1.89. The van der Waals surface area contributed by atoms with Gasteiger partial charge in [-0.25, -0.2) is 9.78 Å². The largest absolute Gasteiger partial charge is 0.478 e. The first-order valence-electron chi connectivity index (χ1n) is 6.54. The van der Waals surface area contributed by atoms with Crippen LogP contribution in [-0.2, 0) is 6.42 Å². The highest BCUT2D eigenvalue weighted by Gasteiger charge is 2.11. The fourth-order valence-electron chi connectivity index (χ4n) is 1.99. The molecule has 3 aromatic rings. The lowest BCUT2D eigenvalue weighted by atomic mass is 10.1. The van der Waals surface area contributed by atoms with Gasteiger partial charge in [-0.2, -0.15) is 0 Å². The monoisotopic (exact) mass is 315 g/mol. The molecule has 0 aliphatic carbocycles. The van der Waals surface area contributed by atoms with Crippen molar-refractivity contribution in [1.29, 1.82) is 0 Å². The fourth-order valence-corrected chi connectivity index (χ4v) is 3.73. The van der Waals surface area contributed by atoms with E-state index in [2.05, 4.69) is 36.2 Å². The van der Waals surface area contributed by atoms with Crippen LogP contribution in [0, 0.1) is 0 Å². The third kappa shape index (κ3) is 2.89. The quantitative estimate of drug-likeness (QED) is 0.752. The summed E-state index contributed by atoms with van der Waals surface area (Å²) < 4.78 is 0. The molecule has 0 amide bonds. The van der Waals surface area contributed by atoms with Crippen LogP contribution < -0.4 is 0 Å². The molecule has 1 aromatic carbocycles. The zero-order chi connectivity index (χ0) is 14.8. The summed E-state index contributed by atoms with van der Waals surface area (Å²) in [5, 5.41) is 13.5. The van der Waals surface area contributed by atoms with E-state index in [-0.39, 0.29) is 0 Å². The summed E-state index contributed by atoms with van der Waals surface area (Å²) in [6.07, 6.45) is 1.02. The number of thiazole rings is 1. The number of hydrogen-bond donors (Lipinski definition) is 1. The zero-order valence-electron chi connectivity index (χ0n) is 11.4. The van der Waals surface area contributed by atoms with Gasteiger partial charge in [-0.3, -0.25) is 0 Å². The molecule has 0 spiro atoms. The Bertz CT molecular complexity index is 772. The van der Waals surface area contributed by atoms with Crippen LogP contribution in [0.1, 0.15) is 22.8 Å². The number of aromatic nitrogens is 1. The van der Waals surface area contributed by atoms with Crippen LogP contribution in [0.15, 0.2) is 41.1 Å². The lowest BCUT2D eigenvalue weighted by Gasteiger charge is -1.98. The molecule has 2 aromatic heterocycles. The topological polar surface area (TPSA) is 50.2 Å². The van der Waals surface area contributed by atoms with Gasteiger partial charge in [0.2, 0.25) is 0 Å². The van der Waals surface area contributed by atoms with Crippen LogP contribution in [0.4, 0.5) is 0 Å². The lowest BCUT2D eigenvalue weighted by Crippen LogP contribution is -1.91. The number of carboxylic acids is 1. The molecular formula is C16H13NO2S2. The van der Waals surface area contributed by atoms with E-state index in [1.807, 2.05) is 5.38 Å². The van der Waals surface area contributed by atoms with Crippen molar-refractivity contribution in [3.05, 3.63) is 52.2 Å². The van der Waals surface area contributed by atoms with Crippen molar-refractivity contribution >= 4 is 28.6 Å². The van der Waals surface area contributed by atoms with Crippen LogP contribution in [0.5, 0.6) is 0 Å². The van der Waals surface area contributed by atoms with E-state index in [9.17, 15) is 4.79 Å². The fraction of sp³-hybridized carbons (Fsp3) is 0.125. The summed E-state index contributed by atoms with van der Waals surface area (Å²) in [4.78, 5) is 16.4. The Morgan fingerprint density at radius 2 is 1.95 bits per heavy atom. The molecule has 0 fully saturated rings. The van der Waals surface area contributed by atoms with E-state index in [1.165, 1.54) is 16.9 Å². The molecule has 106 valence electrons. The summed E-state index contributed by atoms with van der Waals surface area (Å²) in [6.45, 7) is 2.13. The Morgan fingerprint density at radius 1 is 1.19 bits per heavy atom. The van der Waals surface area contributed by atoms with Gasteiger partial charge in [-0.05, 0) is 18.1 Å². The van der Waals surface area contributed by atoms with E-state index in [0.717, 1.165) is 27.6 Å². The van der Waals surface area contributed by atoms with Crippen LogP contribution in [0.2, 0.25) is 0 Å². The molecular weight excluding hydrogens is 302 g/mol. The Hall–Kier alpha value is -1.98. The maximum Gasteiger partial charge on any atom is 0.336 e. The maximum absolute atomic E-state index is 10.9. The molecule has 5 heteroatoms. The first-order valence-corrected chi connectivity index (χ1v) is 8.30. The smallest absolute Gasteiger partial charge is 0.336 e. The van der Waals surface area contributed by atoms with Gasteiger partial charge in [0.15, 0.2) is 0 Å². The molecule has 0 radical (unpaired) electrons. The highest BCUT2D eigenvalue weighted by atomic mass is 32.1. The third-order valence-electron chi connectivity index (χ3n) is 3.21. The molecule has 3 rings (SSSR count). The average molecular weight is 315 g/mol. The van der Waals surface area contributed by atoms with Gasteiger partial charge in [-0.1, -0.05) is 31.2 Å². The van der Waals surface area contributed by atoms with Crippen molar-refractivity contribution in [3.8, 4) is 21.1 Å². The molecule has 0 aliphatic heterocycles. The van der Waals surface area contributed by atoms with Crippen LogP contribution in [-0.4, -0.2) is 16.1 Å². The van der Waals surface area contributed by atoms with Crippen LogP contribution in [0.3, 0.4) is 0 Å². The summed E-state index contributed by atoms with van der Waals surface area (Å²) in [5.41, 5.74) is 3.56. The van der Waals surface area contributed by atoms with Gasteiger partial charge in [0.1, 0.15) is 5.01 Å². The van der Waals surface area contributed by atoms with Crippen molar-refractivity contribution in [3.63, 3.8) is 0 Å². The summed E-state index contributed by atoms with van der Waals surface area (Å²) in [7, 11) is 0. The Labute approximate surface area is 130 Å². The molecule has 3 nitrogen and oxygen atoms in total. The number of rotatable bonds is 4. The minimum absolute atomic E-state index is 0.317. The van der Waals surface area contributed by atoms with E-state index in [0.29, 0.717) is 5.56 Å².